The first kappa shape index (κ1) is 13.1. The highest BCUT2D eigenvalue weighted by atomic mass is 79.9. The Hall–Kier alpha value is -1.88. The third-order valence-corrected chi connectivity index (χ3v) is 3.83. The van der Waals surface area contributed by atoms with Crippen molar-refractivity contribution >= 4 is 33.0 Å². The minimum absolute atomic E-state index is 0.584. The predicted octanol–water partition coefficient (Wildman–Crippen LogP) is 3.85. The van der Waals surface area contributed by atoms with Crippen molar-refractivity contribution in [3.05, 3.63) is 40.4 Å². The van der Waals surface area contributed by atoms with E-state index < -0.39 is 0 Å². The summed E-state index contributed by atoms with van der Waals surface area (Å²) in [5.74, 6) is 1.55. The van der Waals surface area contributed by atoms with Crippen LogP contribution >= 0.6 is 15.9 Å². The average Bonchev–Trinajstić information content (AvgIpc) is 2.44. The molecular weight excluding hydrogens is 320 g/mol. The zero-order valence-electron chi connectivity index (χ0n) is 11.1. The Balaban J connectivity index is 1.89. The van der Waals surface area contributed by atoms with Crippen molar-refractivity contribution in [2.45, 2.75) is 6.92 Å². The summed E-state index contributed by atoms with van der Waals surface area (Å²) >= 11 is 3.52. The molecule has 0 atom stereocenters. The molecule has 104 valence electrons. The van der Waals surface area contributed by atoms with E-state index in [2.05, 4.69) is 21.2 Å². The van der Waals surface area contributed by atoms with Gasteiger partial charge in [-0.2, -0.15) is 0 Å². The molecule has 3 N–H and O–H groups in total. The summed E-state index contributed by atoms with van der Waals surface area (Å²) in [4.78, 5) is 0. The van der Waals surface area contributed by atoms with Gasteiger partial charge in [-0.25, -0.2) is 0 Å². The number of anilines is 3. The first-order valence-corrected chi connectivity index (χ1v) is 7.15. The number of rotatable bonds is 2. The number of nitrogen functional groups attached to an aromatic ring is 1. The van der Waals surface area contributed by atoms with E-state index in [4.69, 9.17) is 15.2 Å². The van der Waals surface area contributed by atoms with Gasteiger partial charge in [-0.15, -0.1) is 0 Å². The largest absolute Gasteiger partial charge is 0.486 e. The van der Waals surface area contributed by atoms with Crippen molar-refractivity contribution < 1.29 is 9.47 Å². The second kappa shape index (κ2) is 5.25. The fourth-order valence-corrected chi connectivity index (χ4v) is 2.53. The molecule has 0 radical (unpaired) electrons. The first-order valence-electron chi connectivity index (χ1n) is 6.36. The van der Waals surface area contributed by atoms with Crippen molar-refractivity contribution in [2.24, 2.45) is 0 Å². The van der Waals surface area contributed by atoms with Crippen LogP contribution in [0.1, 0.15) is 5.56 Å². The molecule has 0 aromatic heterocycles. The Kier molecular flexibility index (Phi) is 3.44. The highest BCUT2D eigenvalue weighted by molar-refractivity contribution is 9.10. The van der Waals surface area contributed by atoms with Crippen LogP contribution in [0, 0.1) is 6.92 Å². The number of benzene rings is 2. The topological polar surface area (TPSA) is 56.5 Å². The van der Waals surface area contributed by atoms with Gasteiger partial charge in [-0.3, -0.25) is 0 Å². The van der Waals surface area contributed by atoms with Crippen LogP contribution in [-0.2, 0) is 0 Å². The van der Waals surface area contributed by atoms with E-state index >= 15 is 0 Å². The van der Waals surface area contributed by atoms with Crippen LogP contribution in [-0.4, -0.2) is 13.2 Å². The quantitative estimate of drug-likeness (QED) is 0.819. The second-order valence-corrected chi connectivity index (χ2v) is 5.53. The third kappa shape index (κ3) is 2.54. The van der Waals surface area contributed by atoms with Gasteiger partial charge >= 0.3 is 0 Å². The Morgan fingerprint density at radius 1 is 1.10 bits per heavy atom. The van der Waals surface area contributed by atoms with Crippen LogP contribution in [0.3, 0.4) is 0 Å². The molecule has 0 bridgehead atoms. The molecule has 0 saturated heterocycles. The fourth-order valence-electron chi connectivity index (χ4n) is 2.07. The highest BCUT2D eigenvalue weighted by Crippen LogP contribution is 2.35. The predicted molar refractivity (Wildman–Crippen MR) is 84.0 cm³/mol. The van der Waals surface area contributed by atoms with Gasteiger partial charge in [0.1, 0.15) is 13.2 Å². The molecule has 20 heavy (non-hydrogen) atoms. The van der Waals surface area contributed by atoms with Gasteiger partial charge in [-0.05, 0) is 52.7 Å². The molecule has 1 aliphatic rings. The number of hydrogen-bond acceptors (Lipinski definition) is 4. The monoisotopic (exact) mass is 334 g/mol. The number of fused-ring (bicyclic) bond motifs is 1. The van der Waals surface area contributed by atoms with Crippen LogP contribution in [0.2, 0.25) is 0 Å². The Morgan fingerprint density at radius 2 is 1.85 bits per heavy atom. The van der Waals surface area contributed by atoms with Crippen LogP contribution in [0.5, 0.6) is 11.5 Å². The number of nitrogens with two attached hydrogens (primary N) is 1. The first-order chi connectivity index (χ1) is 9.63. The fraction of sp³-hybridized carbons (Fsp3) is 0.200. The second-order valence-electron chi connectivity index (χ2n) is 4.67. The lowest BCUT2D eigenvalue weighted by atomic mass is 10.1. The molecule has 2 aromatic rings. The normalized spacial score (nSPS) is 13.1. The van der Waals surface area contributed by atoms with Gasteiger partial charge < -0.3 is 20.5 Å². The van der Waals surface area contributed by atoms with E-state index in [-0.39, 0.29) is 0 Å². The van der Waals surface area contributed by atoms with E-state index in [0.717, 1.165) is 38.6 Å². The highest BCUT2D eigenvalue weighted by Gasteiger charge is 2.12. The molecule has 0 saturated carbocycles. The summed E-state index contributed by atoms with van der Waals surface area (Å²) in [7, 11) is 0. The lowest BCUT2D eigenvalue weighted by molar-refractivity contribution is 0.171. The van der Waals surface area contributed by atoms with Gasteiger partial charge in [0, 0.05) is 21.9 Å². The molecular formula is C15H15BrN2O2. The van der Waals surface area contributed by atoms with Gasteiger partial charge in [-0.1, -0.05) is 0 Å². The Labute approximate surface area is 126 Å². The minimum atomic E-state index is 0.584. The van der Waals surface area contributed by atoms with Crippen molar-refractivity contribution in [1.82, 2.24) is 0 Å². The lowest BCUT2D eigenvalue weighted by Gasteiger charge is -2.19. The molecule has 5 heteroatoms. The maximum Gasteiger partial charge on any atom is 0.163 e. The van der Waals surface area contributed by atoms with E-state index in [1.54, 1.807) is 0 Å². The summed E-state index contributed by atoms with van der Waals surface area (Å²) in [5.41, 5.74) is 9.59. The number of nitrogens with one attached hydrogen (secondary N) is 1. The molecule has 4 nitrogen and oxygen atoms in total. The molecule has 0 unspecified atom stereocenters. The van der Waals surface area contributed by atoms with Gasteiger partial charge in [0.25, 0.3) is 0 Å². The molecule has 0 fully saturated rings. The SMILES string of the molecule is Cc1cc(Nc2ccc3c(c2)OCCO3)c(Br)cc1N. The van der Waals surface area contributed by atoms with E-state index in [1.807, 2.05) is 37.3 Å². The van der Waals surface area contributed by atoms with Gasteiger partial charge in [0.15, 0.2) is 11.5 Å². The minimum Gasteiger partial charge on any atom is -0.486 e. The molecule has 3 rings (SSSR count). The van der Waals surface area contributed by atoms with E-state index in [0.29, 0.717) is 13.2 Å². The summed E-state index contributed by atoms with van der Waals surface area (Å²) < 4.78 is 12.0. The molecule has 0 aliphatic carbocycles. The number of halogens is 1. The zero-order valence-corrected chi connectivity index (χ0v) is 12.7. The van der Waals surface area contributed by atoms with E-state index in [9.17, 15) is 0 Å². The summed E-state index contributed by atoms with van der Waals surface area (Å²) in [6.07, 6.45) is 0. The third-order valence-electron chi connectivity index (χ3n) is 3.18. The number of hydrogen-bond donors (Lipinski definition) is 2. The lowest BCUT2D eigenvalue weighted by Crippen LogP contribution is -2.15. The van der Waals surface area contributed by atoms with Crippen molar-refractivity contribution in [3.8, 4) is 11.5 Å². The van der Waals surface area contributed by atoms with Crippen LogP contribution in [0.15, 0.2) is 34.8 Å². The van der Waals surface area contributed by atoms with Crippen LogP contribution in [0.25, 0.3) is 0 Å². The van der Waals surface area contributed by atoms with Crippen molar-refractivity contribution in [2.75, 3.05) is 24.3 Å². The zero-order chi connectivity index (χ0) is 14.1. The molecule has 0 spiro atoms. The van der Waals surface area contributed by atoms with E-state index in [1.165, 1.54) is 0 Å². The molecule has 2 aromatic carbocycles. The molecule has 1 aliphatic heterocycles. The Morgan fingerprint density at radius 3 is 2.65 bits per heavy atom. The van der Waals surface area contributed by atoms with Gasteiger partial charge in [0.2, 0.25) is 0 Å². The molecule has 0 amide bonds. The molecule has 1 heterocycles. The van der Waals surface area contributed by atoms with Crippen LogP contribution < -0.4 is 20.5 Å². The smallest absolute Gasteiger partial charge is 0.163 e. The van der Waals surface area contributed by atoms with Crippen molar-refractivity contribution in [1.29, 1.82) is 0 Å². The van der Waals surface area contributed by atoms with Gasteiger partial charge in [0.05, 0.1) is 5.69 Å². The van der Waals surface area contributed by atoms with Crippen molar-refractivity contribution in [3.63, 3.8) is 0 Å². The summed E-state index contributed by atoms with van der Waals surface area (Å²) in [6, 6.07) is 9.72. The summed E-state index contributed by atoms with van der Waals surface area (Å²) in [5, 5.41) is 3.35. The standard InChI is InChI=1S/C15H15BrN2O2/c1-9-6-13(11(16)8-12(9)17)18-10-2-3-14-15(7-10)20-5-4-19-14/h2-3,6-8,18H,4-5,17H2,1H3. The summed E-state index contributed by atoms with van der Waals surface area (Å²) in [6.45, 7) is 3.17. The average molecular weight is 335 g/mol. The maximum atomic E-state index is 5.88. The van der Waals surface area contributed by atoms with Crippen LogP contribution in [0.4, 0.5) is 17.1 Å². The maximum absolute atomic E-state index is 5.88. The Bertz CT molecular complexity index is 659. The number of aryl methyl sites for hydroxylation is 1. The number of ether oxygens (including phenoxy) is 2.